The van der Waals surface area contributed by atoms with Gasteiger partial charge in [-0.2, -0.15) is 0 Å². The number of hydrogen-bond acceptors (Lipinski definition) is 2. The molecule has 0 aromatic rings. The van der Waals surface area contributed by atoms with E-state index in [1.54, 1.807) is 0 Å². The highest BCUT2D eigenvalue weighted by Gasteiger charge is 2.31. The quantitative estimate of drug-likeness (QED) is 0.343. The van der Waals surface area contributed by atoms with E-state index in [9.17, 15) is 5.11 Å². The Morgan fingerprint density at radius 2 is 1.86 bits per heavy atom. The molecule has 1 fully saturated rings. The molecule has 5 heteroatoms. The lowest BCUT2D eigenvalue weighted by molar-refractivity contribution is 0.137. The molecule has 0 heterocycles. The average Bonchev–Trinajstić information content (AvgIpc) is 2.43. The number of aliphatic hydroxyl groups excluding tert-OH is 1. The summed E-state index contributed by atoms with van der Waals surface area (Å²) in [6, 6.07) is 0. The summed E-state index contributed by atoms with van der Waals surface area (Å²) in [5.74, 6) is 1.53. The molecule has 1 aliphatic carbocycles. The van der Waals surface area contributed by atoms with Crippen LogP contribution in [0.2, 0.25) is 0 Å². The Morgan fingerprint density at radius 3 is 2.38 bits per heavy atom. The second kappa shape index (κ2) is 11.5. The zero-order valence-corrected chi connectivity index (χ0v) is 16.3. The summed E-state index contributed by atoms with van der Waals surface area (Å²) >= 11 is 0. The molecule has 0 bridgehead atoms. The molecule has 3 N–H and O–H groups in total. The molecule has 1 rings (SSSR count). The van der Waals surface area contributed by atoms with Gasteiger partial charge in [0.2, 0.25) is 0 Å². The molecule has 0 unspecified atom stereocenters. The highest BCUT2D eigenvalue weighted by Crippen LogP contribution is 2.39. The first-order chi connectivity index (χ1) is 9.62. The summed E-state index contributed by atoms with van der Waals surface area (Å²) in [4.78, 5) is 4.78. The van der Waals surface area contributed by atoms with Crippen LogP contribution in [0.25, 0.3) is 0 Å². The number of aliphatic imine (C=N–C) groups is 1. The van der Waals surface area contributed by atoms with Crippen molar-refractivity contribution in [2.75, 3.05) is 26.2 Å². The van der Waals surface area contributed by atoms with E-state index >= 15 is 0 Å². The molecule has 0 aromatic heterocycles. The fourth-order valence-electron chi connectivity index (χ4n) is 2.92. The van der Waals surface area contributed by atoms with Crippen molar-refractivity contribution >= 4 is 29.9 Å². The Kier molecular flexibility index (Phi) is 11.5. The van der Waals surface area contributed by atoms with Gasteiger partial charge < -0.3 is 15.7 Å². The Bertz CT molecular complexity index is 284. The smallest absolute Gasteiger partial charge is 0.191 e. The van der Waals surface area contributed by atoms with Crippen LogP contribution >= 0.6 is 24.0 Å². The fraction of sp³-hybridized carbons (Fsp3) is 0.938. The van der Waals surface area contributed by atoms with Gasteiger partial charge in [-0.15, -0.1) is 24.0 Å². The minimum Gasteiger partial charge on any atom is -0.396 e. The van der Waals surface area contributed by atoms with Gasteiger partial charge in [-0.05, 0) is 37.5 Å². The zero-order valence-electron chi connectivity index (χ0n) is 14.0. The van der Waals surface area contributed by atoms with Crippen LogP contribution in [0.5, 0.6) is 0 Å². The van der Waals surface area contributed by atoms with Crippen LogP contribution in [-0.2, 0) is 0 Å². The third-order valence-electron chi connectivity index (χ3n) is 4.15. The van der Waals surface area contributed by atoms with Crippen molar-refractivity contribution in [1.29, 1.82) is 0 Å². The molecular weight excluding hydrogens is 377 g/mol. The van der Waals surface area contributed by atoms with E-state index in [4.69, 9.17) is 4.99 Å². The maximum absolute atomic E-state index is 9.35. The third kappa shape index (κ3) is 8.24. The normalized spacial score (nSPS) is 18.2. The second-order valence-corrected chi connectivity index (χ2v) is 6.50. The number of aliphatic hydroxyl groups is 1. The fourth-order valence-corrected chi connectivity index (χ4v) is 2.92. The number of halogens is 1. The molecule has 0 saturated heterocycles. The monoisotopic (exact) mass is 411 g/mol. The van der Waals surface area contributed by atoms with Crippen molar-refractivity contribution in [2.45, 2.75) is 59.3 Å². The van der Waals surface area contributed by atoms with E-state index in [0.717, 1.165) is 32.0 Å². The lowest BCUT2D eigenvalue weighted by Gasteiger charge is -2.35. The van der Waals surface area contributed by atoms with Gasteiger partial charge in [-0.25, -0.2) is 0 Å². The summed E-state index contributed by atoms with van der Waals surface area (Å²) < 4.78 is 0. The van der Waals surface area contributed by atoms with Gasteiger partial charge in [0.15, 0.2) is 5.96 Å². The van der Waals surface area contributed by atoms with Crippen LogP contribution in [0.3, 0.4) is 0 Å². The zero-order chi connectivity index (χ0) is 14.8. The summed E-state index contributed by atoms with van der Waals surface area (Å²) in [5, 5.41) is 16.1. The molecule has 0 spiro atoms. The molecule has 126 valence electrons. The first-order valence-electron chi connectivity index (χ1n) is 8.25. The molecule has 0 aromatic carbocycles. The van der Waals surface area contributed by atoms with Crippen LogP contribution in [0.1, 0.15) is 59.3 Å². The van der Waals surface area contributed by atoms with Gasteiger partial charge in [0.05, 0.1) is 0 Å². The number of guanidine groups is 1. The topological polar surface area (TPSA) is 56.7 Å². The molecule has 4 nitrogen and oxygen atoms in total. The Labute approximate surface area is 147 Å². The molecule has 0 amide bonds. The van der Waals surface area contributed by atoms with E-state index in [-0.39, 0.29) is 36.0 Å². The lowest BCUT2D eigenvalue weighted by Crippen LogP contribution is -2.40. The maximum atomic E-state index is 9.35. The number of nitrogens with zero attached hydrogens (tertiary/aromatic N) is 1. The highest BCUT2D eigenvalue weighted by atomic mass is 127. The summed E-state index contributed by atoms with van der Waals surface area (Å²) in [6.07, 6.45) is 7.21. The van der Waals surface area contributed by atoms with Gasteiger partial charge in [0.25, 0.3) is 0 Å². The molecule has 1 saturated carbocycles. The first-order valence-corrected chi connectivity index (χ1v) is 8.25. The standard InChI is InChI=1S/C16H33N3O.HI/c1-4-17-15(18-12-14(2)3)19-13-16(10-11-20)8-6-5-7-9-16;/h14,20H,4-13H2,1-3H3,(H2,17,18,19);1H. The number of rotatable bonds is 7. The predicted molar refractivity (Wildman–Crippen MR) is 101 cm³/mol. The van der Waals surface area contributed by atoms with E-state index in [0.29, 0.717) is 5.92 Å². The molecule has 21 heavy (non-hydrogen) atoms. The Balaban J connectivity index is 0.00000400. The average molecular weight is 411 g/mol. The van der Waals surface area contributed by atoms with E-state index in [2.05, 4.69) is 31.4 Å². The van der Waals surface area contributed by atoms with Crippen LogP contribution in [-0.4, -0.2) is 37.3 Å². The van der Waals surface area contributed by atoms with E-state index < -0.39 is 0 Å². The number of nitrogens with one attached hydrogen (secondary N) is 2. The van der Waals surface area contributed by atoms with Crippen LogP contribution in [0.4, 0.5) is 0 Å². The first kappa shape index (κ1) is 21.0. The van der Waals surface area contributed by atoms with Crippen molar-refractivity contribution in [3.05, 3.63) is 0 Å². The summed E-state index contributed by atoms with van der Waals surface area (Å²) in [5.41, 5.74) is 0.229. The van der Waals surface area contributed by atoms with Crippen molar-refractivity contribution in [3.63, 3.8) is 0 Å². The molecule has 0 radical (unpaired) electrons. The van der Waals surface area contributed by atoms with Crippen molar-refractivity contribution in [3.8, 4) is 0 Å². The SMILES string of the molecule is CCNC(=NCC1(CCO)CCCCC1)NCC(C)C.I. The van der Waals surface area contributed by atoms with Crippen molar-refractivity contribution in [2.24, 2.45) is 16.3 Å². The van der Waals surface area contributed by atoms with Gasteiger partial charge >= 0.3 is 0 Å². The van der Waals surface area contributed by atoms with Crippen LogP contribution < -0.4 is 10.6 Å². The van der Waals surface area contributed by atoms with Crippen molar-refractivity contribution < 1.29 is 5.11 Å². The minimum atomic E-state index is 0. The molecule has 0 aliphatic heterocycles. The summed E-state index contributed by atoms with van der Waals surface area (Å²) in [6.45, 7) is 9.44. The second-order valence-electron chi connectivity index (χ2n) is 6.50. The Hall–Kier alpha value is -0.0400. The molecule has 0 atom stereocenters. The Morgan fingerprint density at radius 1 is 1.19 bits per heavy atom. The highest BCUT2D eigenvalue weighted by molar-refractivity contribution is 14.0. The van der Waals surface area contributed by atoms with Gasteiger partial charge in [0, 0.05) is 26.2 Å². The van der Waals surface area contributed by atoms with Crippen LogP contribution in [0.15, 0.2) is 4.99 Å². The molecule has 1 aliphatic rings. The van der Waals surface area contributed by atoms with E-state index in [1.165, 1.54) is 32.1 Å². The van der Waals surface area contributed by atoms with Crippen LogP contribution in [0, 0.1) is 11.3 Å². The molecular formula is C16H34IN3O. The maximum Gasteiger partial charge on any atom is 0.191 e. The van der Waals surface area contributed by atoms with E-state index in [1.807, 2.05) is 0 Å². The largest absolute Gasteiger partial charge is 0.396 e. The minimum absolute atomic E-state index is 0. The van der Waals surface area contributed by atoms with Gasteiger partial charge in [-0.1, -0.05) is 33.1 Å². The summed E-state index contributed by atoms with van der Waals surface area (Å²) in [7, 11) is 0. The number of hydrogen-bond donors (Lipinski definition) is 3. The third-order valence-corrected chi connectivity index (χ3v) is 4.15. The van der Waals surface area contributed by atoms with Gasteiger partial charge in [0.1, 0.15) is 0 Å². The predicted octanol–water partition coefficient (Wildman–Crippen LogP) is 3.15. The van der Waals surface area contributed by atoms with Gasteiger partial charge in [-0.3, -0.25) is 4.99 Å². The van der Waals surface area contributed by atoms with Crippen molar-refractivity contribution in [1.82, 2.24) is 10.6 Å². The lowest BCUT2D eigenvalue weighted by atomic mass is 9.72.